The van der Waals surface area contributed by atoms with E-state index in [1.807, 2.05) is 31.5 Å². The lowest BCUT2D eigenvalue weighted by Crippen LogP contribution is -2.12. The first-order valence-electron chi connectivity index (χ1n) is 3.96. The summed E-state index contributed by atoms with van der Waals surface area (Å²) < 4.78 is 0. The smallest absolute Gasteiger partial charge is 0.183 e. The summed E-state index contributed by atoms with van der Waals surface area (Å²) in [5, 5.41) is 11.5. The lowest BCUT2D eigenvalue weighted by Gasteiger charge is -1.99. The van der Waals surface area contributed by atoms with Crippen LogP contribution in [0.2, 0.25) is 0 Å². The van der Waals surface area contributed by atoms with Gasteiger partial charge in [-0.15, -0.1) is 0 Å². The molecule has 0 fully saturated rings. The van der Waals surface area contributed by atoms with Gasteiger partial charge in [-0.1, -0.05) is 11.8 Å². The Morgan fingerprint density at radius 3 is 2.93 bits per heavy atom. The van der Waals surface area contributed by atoms with Gasteiger partial charge in [0.15, 0.2) is 11.4 Å². The monoisotopic (exact) mass is 206 g/mol. The molecule has 0 saturated carbocycles. The van der Waals surface area contributed by atoms with E-state index in [9.17, 15) is 0 Å². The molecule has 0 aromatic carbocycles. The lowest BCUT2D eigenvalue weighted by atomic mass is 10.3. The lowest BCUT2D eigenvalue weighted by molar-refractivity contribution is 1.19. The SMILES string of the molecule is CSC(=Nc1ccc(C)nc1)NC#N. The second-order valence-electron chi connectivity index (χ2n) is 2.52. The van der Waals surface area contributed by atoms with Crippen molar-refractivity contribution in [1.29, 1.82) is 5.26 Å². The Labute approximate surface area is 87.1 Å². The third-order valence-electron chi connectivity index (χ3n) is 1.48. The van der Waals surface area contributed by atoms with Crippen molar-refractivity contribution in [3.63, 3.8) is 0 Å². The number of aryl methyl sites for hydroxylation is 1. The summed E-state index contributed by atoms with van der Waals surface area (Å²) in [4.78, 5) is 8.29. The number of nitrogens with one attached hydrogen (secondary N) is 1. The van der Waals surface area contributed by atoms with Crippen LogP contribution in [-0.4, -0.2) is 16.4 Å². The minimum atomic E-state index is 0.568. The average molecular weight is 206 g/mol. The van der Waals surface area contributed by atoms with Crippen molar-refractivity contribution in [3.8, 4) is 6.19 Å². The van der Waals surface area contributed by atoms with E-state index in [0.29, 0.717) is 5.17 Å². The Kier molecular flexibility index (Phi) is 3.95. The summed E-state index contributed by atoms with van der Waals surface area (Å²) in [6.45, 7) is 1.91. The molecule has 5 heteroatoms. The zero-order valence-corrected chi connectivity index (χ0v) is 8.80. The minimum absolute atomic E-state index is 0.568. The first-order chi connectivity index (χ1) is 6.76. The molecule has 14 heavy (non-hydrogen) atoms. The molecule has 0 aliphatic carbocycles. The summed E-state index contributed by atoms with van der Waals surface area (Å²) in [5.41, 5.74) is 1.69. The number of hydrogen-bond acceptors (Lipinski definition) is 4. The van der Waals surface area contributed by atoms with Gasteiger partial charge in [0.2, 0.25) is 0 Å². The number of aliphatic imine (C=N–C) groups is 1. The van der Waals surface area contributed by atoms with E-state index in [1.54, 1.807) is 6.20 Å². The number of pyridine rings is 1. The fourth-order valence-corrected chi connectivity index (χ4v) is 1.16. The number of hydrogen-bond donors (Lipinski definition) is 1. The summed E-state index contributed by atoms with van der Waals surface area (Å²) >= 11 is 1.38. The van der Waals surface area contributed by atoms with Gasteiger partial charge < -0.3 is 0 Å². The fourth-order valence-electron chi connectivity index (χ4n) is 0.816. The maximum Gasteiger partial charge on any atom is 0.183 e. The van der Waals surface area contributed by atoms with Crippen LogP contribution in [0.5, 0.6) is 0 Å². The normalized spacial score (nSPS) is 10.8. The van der Waals surface area contributed by atoms with Crippen LogP contribution in [0.4, 0.5) is 5.69 Å². The third-order valence-corrected chi connectivity index (χ3v) is 2.06. The average Bonchev–Trinajstić information content (AvgIpc) is 2.20. The van der Waals surface area contributed by atoms with Crippen LogP contribution >= 0.6 is 11.8 Å². The Morgan fingerprint density at radius 2 is 2.43 bits per heavy atom. The molecule has 0 bridgehead atoms. The van der Waals surface area contributed by atoms with Crippen molar-refractivity contribution >= 4 is 22.6 Å². The zero-order chi connectivity index (χ0) is 10.4. The van der Waals surface area contributed by atoms with E-state index in [2.05, 4.69) is 15.3 Å². The number of aromatic nitrogens is 1. The van der Waals surface area contributed by atoms with Gasteiger partial charge in [0.1, 0.15) is 0 Å². The van der Waals surface area contributed by atoms with E-state index in [-0.39, 0.29) is 0 Å². The molecule has 1 rings (SSSR count). The molecule has 4 nitrogen and oxygen atoms in total. The number of thioether (sulfide) groups is 1. The van der Waals surface area contributed by atoms with Crippen molar-refractivity contribution in [1.82, 2.24) is 10.3 Å². The molecule has 1 N–H and O–H groups in total. The van der Waals surface area contributed by atoms with Crippen LogP contribution in [0.25, 0.3) is 0 Å². The Morgan fingerprint density at radius 1 is 1.64 bits per heavy atom. The number of nitrogens with zero attached hydrogens (tertiary/aromatic N) is 3. The van der Waals surface area contributed by atoms with Crippen LogP contribution in [0, 0.1) is 18.4 Å². The molecular formula is C9H10N4S. The molecule has 1 aromatic heterocycles. The van der Waals surface area contributed by atoms with Crippen LogP contribution in [-0.2, 0) is 0 Å². The molecule has 0 amide bonds. The van der Waals surface area contributed by atoms with E-state index >= 15 is 0 Å². The highest BCUT2D eigenvalue weighted by Crippen LogP contribution is 2.12. The number of rotatable bonds is 1. The predicted molar refractivity (Wildman–Crippen MR) is 58.3 cm³/mol. The second kappa shape index (κ2) is 5.25. The minimum Gasteiger partial charge on any atom is -0.271 e. The highest BCUT2D eigenvalue weighted by Gasteiger charge is 1.95. The van der Waals surface area contributed by atoms with Crippen LogP contribution in [0.3, 0.4) is 0 Å². The maximum atomic E-state index is 8.42. The molecule has 1 heterocycles. The van der Waals surface area contributed by atoms with E-state index in [1.165, 1.54) is 11.8 Å². The topological polar surface area (TPSA) is 61.1 Å². The summed E-state index contributed by atoms with van der Waals surface area (Å²) in [5.74, 6) is 0. The van der Waals surface area contributed by atoms with Gasteiger partial charge in [-0.05, 0) is 25.3 Å². The third kappa shape index (κ3) is 3.07. The van der Waals surface area contributed by atoms with Crippen molar-refractivity contribution in [2.75, 3.05) is 6.26 Å². The van der Waals surface area contributed by atoms with Crippen LogP contribution in [0.1, 0.15) is 5.69 Å². The van der Waals surface area contributed by atoms with Crippen LogP contribution in [0.15, 0.2) is 23.3 Å². The highest BCUT2D eigenvalue weighted by atomic mass is 32.2. The highest BCUT2D eigenvalue weighted by molar-refractivity contribution is 8.13. The first-order valence-corrected chi connectivity index (χ1v) is 5.19. The standard InChI is InChI=1S/C9H10N4S/c1-7-3-4-8(5-11-7)13-9(14-2)12-6-10/h3-5H,1-2H3,(H,12,13). The van der Waals surface area contributed by atoms with Gasteiger partial charge in [0.25, 0.3) is 0 Å². The summed E-state index contributed by atoms with van der Waals surface area (Å²) in [7, 11) is 0. The van der Waals surface area contributed by atoms with E-state index in [4.69, 9.17) is 5.26 Å². The molecule has 1 aromatic rings. The largest absolute Gasteiger partial charge is 0.271 e. The zero-order valence-electron chi connectivity index (χ0n) is 7.98. The fraction of sp³-hybridized carbons (Fsp3) is 0.222. The first kappa shape index (κ1) is 10.5. The Hall–Kier alpha value is -1.54. The van der Waals surface area contributed by atoms with Gasteiger partial charge in [-0.3, -0.25) is 10.3 Å². The molecule has 0 unspecified atom stereocenters. The van der Waals surface area contributed by atoms with Gasteiger partial charge in [0.05, 0.1) is 11.9 Å². The Bertz CT molecular complexity index is 363. The number of amidine groups is 1. The van der Waals surface area contributed by atoms with Crippen molar-refractivity contribution in [3.05, 3.63) is 24.0 Å². The number of nitriles is 1. The van der Waals surface area contributed by atoms with E-state index in [0.717, 1.165) is 11.4 Å². The van der Waals surface area contributed by atoms with Crippen LogP contribution < -0.4 is 5.32 Å². The summed E-state index contributed by atoms with van der Waals surface area (Å²) in [6, 6.07) is 3.74. The summed E-state index contributed by atoms with van der Waals surface area (Å²) in [6.07, 6.45) is 5.35. The van der Waals surface area contributed by atoms with Crippen molar-refractivity contribution in [2.24, 2.45) is 4.99 Å². The molecule has 0 atom stereocenters. The molecule has 0 radical (unpaired) electrons. The molecular weight excluding hydrogens is 196 g/mol. The predicted octanol–water partition coefficient (Wildman–Crippen LogP) is 1.81. The quantitative estimate of drug-likeness (QED) is 0.329. The van der Waals surface area contributed by atoms with Gasteiger partial charge in [-0.2, -0.15) is 5.26 Å². The molecule has 0 aliphatic heterocycles. The van der Waals surface area contributed by atoms with Crippen molar-refractivity contribution in [2.45, 2.75) is 6.92 Å². The van der Waals surface area contributed by atoms with E-state index < -0.39 is 0 Å². The molecule has 0 aliphatic rings. The molecule has 0 spiro atoms. The van der Waals surface area contributed by atoms with Crippen molar-refractivity contribution < 1.29 is 0 Å². The second-order valence-corrected chi connectivity index (χ2v) is 3.31. The van der Waals surface area contributed by atoms with Gasteiger partial charge in [0, 0.05) is 5.69 Å². The maximum absolute atomic E-state index is 8.42. The molecule has 72 valence electrons. The molecule has 0 saturated heterocycles. The van der Waals surface area contributed by atoms with Gasteiger partial charge in [-0.25, -0.2) is 4.99 Å². The Balaban J connectivity index is 2.84. The van der Waals surface area contributed by atoms with Gasteiger partial charge >= 0.3 is 0 Å².